The number of hydrogen-bond acceptors (Lipinski definition) is 10. The summed E-state index contributed by atoms with van der Waals surface area (Å²) in [6, 6.07) is 0. The molecule has 1 fully saturated rings. The minimum Gasteiger partial charge on any atom is -0.463 e. The van der Waals surface area contributed by atoms with Gasteiger partial charge in [-0.1, -0.05) is 0 Å². The second-order valence-electron chi connectivity index (χ2n) is 5.09. The summed E-state index contributed by atoms with van der Waals surface area (Å²) >= 11 is 0. The van der Waals surface area contributed by atoms with Crippen LogP contribution in [-0.4, -0.2) is 66.3 Å². The molecule has 0 radical (unpaired) electrons. The van der Waals surface area contributed by atoms with Crippen molar-refractivity contribution in [3.8, 4) is 0 Å². The van der Waals surface area contributed by atoms with Gasteiger partial charge in [0.15, 0.2) is 24.6 Å². The van der Waals surface area contributed by atoms with E-state index in [1.54, 1.807) is 0 Å². The molecule has 10 heteroatoms. The smallest absolute Gasteiger partial charge is 0.303 e. The molecule has 136 valence electrons. The molecule has 24 heavy (non-hydrogen) atoms. The molecule has 0 aromatic carbocycles. The second kappa shape index (κ2) is 8.60. The molecule has 0 aromatic heterocycles. The summed E-state index contributed by atoms with van der Waals surface area (Å²) in [7, 11) is 0. The van der Waals surface area contributed by atoms with Crippen LogP contribution in [0.15, 0.2) is 0 Å². The van der Waals surface area contributed by atoms with Crippen molar-refractivity contribution < 1.29 is 48.0 Å². The van der Waals surface area contributed by atoms with Crippen molar-refractivity contribution in [3.05, 3.63) is 0 Å². The number of rotatable bonds is 5. The van der Waals surface area contributed by atoms with Crippen LogP contribution in [0.1, 0.15) is 27.7 Å². The van der Waals surface area contributed by atoms with Gasteiger partial charge in [-0.3, -0.25) is 19.2 Å². The van der Waals surface area contributed by atoms with Crippen LogP contribution in [0.4, 0.5) is 0 Å². The molecule has 1 aliphatic rings. The standard InChI is InChI=1S/C14H20O10/c1-6(15)20-5-10-11(21-7(2)16)12(22-8(3)17)13(14(19)24-10)23-9(4)18/h10-14,19H,5H2,1-4H3/t10-,11+,12+,13-,14-/m1/s1. The molecular weight excluding hydrogens is 328 g/mol. The molecule has 1 N–H and O–H groups in total. The topological polar surface area (TPSA) is 135 Å². The maximum atomic E-state index is 11.3. The van der Waals surface area contributed by atoms with Gasteiger partial charge in [0.1, 0.15) is 12.7 Å². The van der Waals surface area contributed by atoms with Gasteiger partial charge in [-0.25, -0.2) is 0 Å². The van der Waals surface area contributed by atoms with Gasteiger partial charge in [0, 0.05) is 27.7 Å². The van der Waals surface area contributed by atoms with E-state index in [4.69, 9.17) is 23.7 Å². The normalized spacial score (nSPS) is 29.3. The van der Waals surface area contributed by atoms with E-state index >= 15 is 0 Å². The summed E-state index contributed by atoms with van der Waals surface area (Å²) in [6.07, 6.45) is -6.79. The fourth-order valence-electron chi connectivity index (χ4n) is 2.21. The van der Waals surface area contributed by atoms with Gasteiger partial charge in [0.25, 0.3) is 0 Å². The third-order valence-corrected chi connectivity index (χ3v) is 2.97. The van der Waals surface area contributed by atoms with Crippen molar-refractivity contribution in [2.24, 2.45) is 0 Å². The van der Waals surface area contributed by atoms with Crippen LogP contribution in [0.2, 0.25) is 0 Å². The summed E-state index contributed by atoms with van der Waals surface area (Å²) in [4.78, 5) is 44.9. The van der Waals surface area contributed by atoms with Crippen molar-refractivity contribution in [3.63, 3.8) is 0 Å². The van der Waals surface area contributed by atoms with E-state index in [9.17, 15) is 24.3 Å². The summed E-state index contributed by atoms with van der Waals surface area (Å²) in [5.41, 5.74) is 0. The van der Waals surface area contributed by atoms with Crippen molar-refractivity contribution in [1.29, 1.82) is 0 Å². The van der Waals surface area contributed by atoms with Crippen LogP contribution in [-0.2, 0) is 42.9 Å². The van der Waals surface area contributed by atoms with E-state index in [1.165, 1.54) is 0 Å². The van der Waals surface area contributed by atoms with Crippen LogP contribution in [0, 0.1) is 0 Å². The van der Waals surface area contributed by atoms with Crippen LogP contribution in [0.5, 0.6) is 0 Å². The van der Waals surface area contributed by atoms with E-state index in [-0.39, 0.29) is 6.61 Å². The molecule has 0 saturated carbocycles. The number of carbonyl (C=O) groups is 4. The third-order valence-electron chi connectivity index (χ3n) is 2.97. The van der Waals surface area contributed by atoms with Crippen molar-refractivity contribution in [2.75, 3.05) is 6.61 Å². The fourth-order valence-corrected chi connectivity index (χ4v) is 2.21. The summed E-state index contributed by atoms with van der Waals surface area (Å²) in [5.74, 6) is -2.87. The largest absolute Gasteiger partial charge is 0.463 e. The lowest BCUT2D eigenvalue weighted by Gasteiger charge is -2.42. The Morgan fingerprint density at radius 1 is 0.792 bits per heavy atom. The van der Waals surface area contributed by atoms with E-state index in [0.717, 1.165) is 27.7 Å². The number of carbonyl (C=O) groups excluding carboxylic acids is 4. The van der Waals surface area contributed by atoms with Gasteiger partial charge in [0.2, 0.25) is 0 Å². The van der Waals surface area contributed by atoms with Gasteiger partial charge in [-0.15, -0.1) is 0 Å². The highest BCUT2D eigenvalue weighted by atomic mass is 16.7. The van der Waals surface area contributed by atoms with Gasteiger partial charge < -0.3 is 28.8 Å². The minimum absolute atomic E-state index is 0.366. The van der Waals surface area contributed by atoms with Crippen molar-refractivity contribution >= 4 is 23.9 Å². The first-order valence-corrected chi connectivity index (χ1v) is 7.10. The molecule has 0 aliphatic carbocycles. The zero-order chi connectivity index (χ0) is 18.4. The number of hydrogen-bond donors (Lipinski definition) is 1. The highest BCUT2D eigenvalue weighted by Crippen LogP contribution is 2.28. The Morgan fingerprint density at radius 3 is 1.71 bits per heavy atom. The molecule has 1 rings (SSSR count). The maximum Gasteiger partial charge on any atom is 0.303 e. The minimum atomic E-state index is -1.68. The molecule has 1 heterocycles. The zero-order valence-corrected chi connectivity index (χ0v) is 13.7. The molecule has 0 amide bonds. The molecule has 5 atom stereocenters. The first-order chi connectivity index (χ1) is 11.1. The maximum absolute atomic E-state index is 11.3. The van der Waals surface area contributed by atoms with E-state index in [2.05, 4.69) is 0 Å². The molecule has 0 unspecified atom stereocenters. The number of aliphatic hydroxyl groups is 1. The van der Waals surface area contributed by atoms with Gasteiger partial charge in [-0.2, -0.15) is 0 Å². The fraction of sp³-hybridized carbons (Fsp3) is 0.714. The predicted molar refractivity (Wildman–Crippen MR) is 74.2 cm³/mol. The SMILES string of the molecule is CC(=O)OC[C@H]1O[C@@H](O)[C@H](OC(C)=O)[C@@H](OC(C)=O)[C@H]1OC(C)=O. The Morgan fingerprint density at radius 2 is 1.25 bits per heavy atom. The summed E-state index contributed by atoms with van der Waals surface area (Å²) < 4.78 is 25.0. The quantitative estimate of drug-likeness (QED) is 0.490. The first kappa shape index (κ1) is 19.8. The molecule has 1 aliphatic heterocycles. The Kier molecular flexibility index (Phi) is 7.11. The lowest BCUT2D eigenvalue weighted by atomic mass is 9.98. The van der Waals surface area contributed by atoms with E-state index < -0.39 is 54.6 Å². The average Bonchev–Trinajstić information content (AvgIpc) is 2.42. The zero-order valence-electron chi connectivity index (χ0n) is 13.7. The highest BCUT2D eigenvalue weighted by Gasteiger charge is 2.51. The number of esters is 4. The average molecular weight is 348 g/mol. The molecule has 10 nitrogen and oxygen atoms in total. The lowest BCUT2D eigenvalue weighted by molar-refractivity contribution is -0.296. The number of aliphatic hydroxyl groups excluding tert-OH is 1. The third kappa shape index (κ3) is 5.78. The predicted octanol–water partition coefficient (Wildman–Crippen LogP) is -0.938. The Hall–Kier alpha value is -2.20. The van der Waals surface area contributed by atoms with Gasteiger partial charge >= 0.3 is 23.9 Å². The van der Waals surface area contributed by atoms with Crippen molar-refractivity contribution in [2.45, 2.75) is 58.4 Å². The molecule has 1 saturated heterocycles. The molecular formula is C14H20O10. The monoisotopic (exact) mass is 348 g/mol. The van der Waals surface area contributed by atoms with Crippen molar-refractivity contribution in [1.82, 2.24) is 0 Å². The van der Waals surface area contributed by atoms with E-state index in [1.807, 2.05) is 0 Å². The molecule has 0 spiro atoms. The lowest BCUT2D eigenvalue weighted by Crippen LogP contribution is -2.62. The van der Waals surface area contributed by atoms with Crippen LogP contribution in [0.25, 0.3) is 0 Å². The number of ether oxygens (including phenoxy) is 5. The van der Waals surface area contributed by atoms with Crippen LogP contribution < -0.4 is 0 Å². The highest BCUT2D eigenvalue weighted by molar-refractivity contribution is 5.68. The Labute approximate surface area is 137 Å². The van der Waals surface area contributed by atoms with Crippen LogP contribution in [0.3, 0.4) is 0 Å². The van der Waals surface area contributed by atoms with Gasteiger partial charge in [0.05, 0.1) is 0 Å². The molecule has 0 aromatic rings. The Bertz CT molecular complexity index is 502. The summed E-state index contributed by atoms with van der Waals surface area (Å²) in [5, 5.41) is 10.0. The van der Waals surface area contributed by atoms with E-state index in [0.29, 0.717) is 0 Å². The van der Waals surface area contributed by atoms with Gasteiger partial charge in [-0.05, 0) is 0 Å². The first-order valence-electron chi connectivity index (χ1n) is 7.10. The second-order valence-corrected chi connectivity index (χ2v) is 5.09. The van der Waals surface area contributed by atoms with Crippen LogP contribution >= 0.6 is 0 Å². The Balaban J connectivity index is 3.11. The molecule has 0 bridgehead atoms. The summed E-state index contributed by atoms with van der Waals surface area (Å²) in [6.45, 7) is 4.09.